The van der Waals surface area contributed by atoms with Gasteiger partial charge < -0.3 is 5.32 Å². The highest BCUT2D eigenvalue weighted by molar-refractivity contribution is 5.91. The molecule has 118 valence electrons. The van der Waals surface area contributed by atoms with E-state index in [1.165, 1.54) is 9.13 Å². The lowest BCUT2D eigenvalue weighted by Gasteiger charge is -2.07. The lowest BCUT2D eigenvalue weighted by atomic mass is 10.3. The molecule has 5 nitrogen and oxygen atoms in total. The van der Waals surface area contributed by atoms with Gasteiger partial charge in [0.05, 0.1) is 16.7 Å². The van der Waals surface area contributed by atoms with Crippen molar-refractivity contribution in [2.45, 2.75) is 6.54 Å². The zero-order chi connectivity index (χ0) is 16.6. The molecular formula is C16H13F2N3O2. The number of hydrogen-bond acceptors (Lipinski definition) is 2. The molecule has 3 rings (SSSR count). The van der Waals surface area contributed by atoms with Crippen LogP contribution in [0.3, 0.4) is 0 Å². The van der Waals surface area contributed by atoms with E-state index in [0.717, 1.165) is 12.1 Å². The molecule has 1 aromatic heterocycles. The Labute approximate surface area is 129 Å². The Bertz CT molecular complexity index is 960. The predicted octanol–water partition coefficient (Wildman–Crippen LogP) is 2.26. The first-order chi connectivity index (χ1) is 11.0. The van der Waals surface area contributed by atoms with E-state index < -0.39 is 17.5 Å². The zero-order valence-corrected chi connectivity index (χ0v) is 12.2. The number of carbonyl (C=O) groups is 1. The molecule has 1 N–H and O–H groups in total. The molecule has 0 fully saturated rings. The largest absolute Gasteiger partial charge is 0.329 e. The number of halogens is 2. The van der Waals surface area contributed by atoms with E-state index in [2.05, 4.69) is 5.32 Å². The number of aromatic nitrogens is 2. The van der Waals surface area contributed by atoms with E-state index in [1.54, 1.807) is 31.3 Å². The number of aryl methyl sites for hydroxylation is 1. The van der Waals surface area contributed by atoms with Crippen molar-refractivity contribution in [1.82, 2.24) is 9.13 Å². The van der Waals surface area contributed by atoms with Gasteiger partial charge in [0.2, 0.25) is 5.91 Å². The number of benzene rings is 2. The summed E-state index contributed by atoms with van der Waals surface area (Å²) in [4.78, 5) is 24.3. The molecule has 0 unspecified atom stereocenters. The van der Waals surface area contributed by atoms with E-state index in [9.17, 15) is 18.4 Å². The molecule has 0 aliphatic rings. The highest BCUT2D eigenvalue weighted by Crippen LogP contribution is 2.16. The zero-order valence-electron chi connectivity index (χ0n) is 12.2. The van der Waals surface area contributed by atoms with Crippen LogP contribution in [0.2, 0.25) is 0 Å². The third kappa shape index (κ3) is 2.73. The van der Waals surface area contributed by atoms with E-state index in [0.29, 0.717) is 17.1 Å². The molecule has 23 heavy (non-hydrogen) atoms. The first kappa shape index (κ1) is 15.0. The summed E-state index contributed by atoms with van der Waals surface area (Å²) in [5, 5.41) is 2.34. The van der Waals surface area contributed by atoms with Crippen LogP contribution in [0.5, 0.6) is 0 Å². The Morgan fingerprint density at radius 2 is 1.83 bits per heavy atom. The van der Waals surface area contributed by atoms with Crippen molar-refractivity contribution in [2.75, 3.05) is 5.32 Å². The topological polar surface area (TPSA) is 56.0 Å². The van der Waals surface area contributed by atoms with Crippen LogP contribution in [0.15, 0.2) is 47.3 Å². The summed E-state index contributed by atoms with van der Waals surface area (Å²) >= 11 is 0. The van der Waals surface area contributed by atoms with Crippen LogP contribution in [-0.2, 0) is 18.4 Å². The third-order valence-electron chi connectivity index (χ3n) is 3.56. The number of nitrogens with one attached hydrogen (secondary N) is 1. The lowest BCUT2D eigenvalue weighted by molar-refractivity contribution is -0.116. The molecule has 1 amide bonds. The molecule has 0 spiro atoms. The normalized spacial score (nSPS) is 10.9. The minimum Gasteiger partial charge on any atom is -0.322 e. The molecule has 0 aliphatic heterocycles. The highest BCUT2D eigenvalue weighted by atomic mass is 19.1. The van der Waals surface area contributed by atoms with Crippen LogP contribution in [0.25, 0.3) is 11.0 Å². The van der Waals surface area contributed by atoms with Gasteiger partial charge in [0.1, 0.15) is 18.2 Å². The number of carbonyl (C=O) groups excluding carboxylic acids is 1. The smallest absolute Gasteiger partial charge is 0.322 e. The standard InChI is InChI=1S/C16H13F2N3O2/c1-20-13-4-2-3-5-14(13)21(16(20)23)9-15(22)19-12-7-6-10(17)8-11(12)18/h2-8H,9H2,1H3,(H,19,22). The average Bonchev–Trinajstić information content (AvgIpc) is 2.76. The summed E-state index contributed by atoms with van der Waals surface area (Å²) in [6.07, 6.45) is 0. The molecule has 3 aromatic rings. The third-order valence-corrected chi connectivity index (χ3v) is 3.56. The van der Waals surface area contributed by atoms with Gasteiger partial charge in [-0.2, -0.15) is 0 Å². The monoisotopic (exact) mass is 317 g/mol. The van der Waals surface area contributed by atoms with Crippen LogP contribution in [-0.4, -0.2) is 15.0 Å². The molecule has 1 heterocycles. The van der Waals surface area contributed by atoms with Crippen molar-refractivity contribution in [3.05, 3.63) is 64.6 Å². The summed E-state index contributed by atoms with van der Waals surface area (Å²) in [6.45, 7) is -0.267. The maximum Gasteiger partial charge on any atom is 0.329 e. The molecule has 0 radical (unpaired) electrons. The summed E-state index contributed by atoms with van der Waals surface area (Å²) < 4.78 is 29.1. The fraction of sp³-hybridized carbons (Fsp3) is 0.125. The molecule has 0 aliphatic carbocycles. The highest BCUT2D eigenvalue weighted by Gasteiger charge is 2.14. The fourth-order valence-electron chi connectivity index (χ4n) is 2.44. The number of fused-ring (bicyclic) bond motifs is 1. The van der Waals surface area contributed by atoms with Gasteiger partial charge in [0.15, 0.2) is 0 Å². The Balaban J connectivity index is 1.89. The minimum atomic E-state index is -0.872. The predicted molar refractivity (Wildman–Crippen MR) is 82.2 cm³/mol. The van der Waals surface area contributed by atoms with Crippen LogP contribution >= 0.6 is 0 Å². The van der Waals surface area contributed by atoms with Crippen molar-refractivity contribution < 1.29 is 13.6 Å². The Kier molecular flexibility index (Phi) is 3.69. The van der Waals surface area contributed by atoms with Gasteiger partial charge in [0, 0.05) is 13.1 Å². The molecule has 0 atom stereocenters. The van der Waals surface area contributed by atoms with E-state index in [1.807, 2.05) is 0 Å². The summed E-state index contributed by atoms with van der Waals surface area (Å²) in [5.41, 5.74) is 0.818. The number of hydrogen-bond donors (Lipinski definition) is 1. The number of nitrogens with zero attached hydrogens (tertiary/aromatic N) is 2. The maximum atomic E-state index is 13.6. The molecule has 0 bridgehead atoms. The van der Waals surface area contributed by atoms with Crippen molar-refractivity contribution in [3.63, 3.8) is 0 Å². The van der Waals surface area contributed by atoms with Crippen molar-refractivity contribution in [1.29, 1.82) is 0 Å². The van der Waals surface area contributed by atoms with Gasteiger partial charge in [-0.05, 0) is 24.3 Å². The molecule has 0 saturated carbocycles. The van der Waals surface area contributed by atoms with Crippen LogP contribution in [0.4, 0.5) is 14.5 Å². The van der Waals surface area contributed by atoms with Crippen LogP contribution < -0.4 is 11.0 Å². The van der Waals surface area contributed by atoms with Gasteiger partial charge >= 0.3 is 5.69 Å². The lowest BCUT2D eigenvalue weighted by Crippen LogP contribution is -2.28. The number of anilines is 1. The Morgan fingerprint density at radius 1 is 1.13 bits per heavy atom. The molecular weight excluding hydrogens is 304 g/mol. The average molecular weight is 317 g/mol. The number of para-hydroxylation sites is 2. The molecule has 2 aromatic carbocycles. The van der Waals surface area contributed by atoms with Gasteiger partial charge in [-0.3, -0.25) is 13.9 Å². The Morgan fingerprint density at radius 3 is 2.52 bits per heavy atom. The number of imidazole rings is 1. The van der Waals surface area contributed by atoms with E-state index in [4.69, 9.17) is 0 Å². The van der Waals surface area contributed by atoms with Gasteiger partial charge in [0.25, 0.3) is 0 Å². The van der Waals surface area contributed by atoms with E-state index >= 15 is 0 Å². The second-order valence-electron chi connectivity index (χ2n) is 5.09. The van der Waals surface area contributed by atoms with Crippen molar-refractivity contribution in [2.24, 2.45) is 7.05 Å². The number of amides is 1. The van der Waals surface area contributed by atoms with Gasteiger partial charge in [-0.25, -0.2) is 13.6 Å². The SMILES string of the molecule is Cn1c(=O)n(CC(=O)Nc2ccc(F)cc2F)c2ccccc21. The molecule has 0 saturated heterocycles. The van der Waals surface area contributed by atoms with Gasteiger partial charge in [-0.1, -0.05) is 12.1 Å². The van der Waals surface area contributed by atoms with Crippen molar-refractivity contribution in [3.8, 4) is 0 Å². The van der Waals surface area contributed by atoms with Crippen molar-refractivity contribution >= 4 is 22.6 Å². The summed E-state index contributed by atoms with van der Waals surface area (Å²) in [5.74, 6) is -2.18. The van der Waals surface area contributed by atoms with Crippen LogP contribution in [0, 0.1) is 11.6 Å². The van der Waals surface area contributed by atoms with E-state index in [-0.39, 0.29) is 17.9 Å². The molecule has 7 heteroatoms. The second-order valence-corrected chi connectivity index (χ2v) is 5.09. The summed E-state index contributed by atoms with van der Waals surface area (Å²) in [7, 11) is 1.61. The quantitative estimate of drug-likeness (QED) is 0.805. The number of rotatable bonds is 3. The first-order valence-electron chi connectivity index (χ1n) is 6.86. The first-order valence-corrected chi connectivity index (χ1v) is 6.86. The second kappa shape index (κ2) is 5.68. The van der Waals surface area contributed by atoms with Gasteiger partial charge in [-0.15, -0.1) is 0 Å². The minimum absolute atomic E-state index is 0.135. The van der Waals surface area contributed by atoms with Crippen LogP contribution in [0.1, 0.15) is 0 Å². The Hall–Kier alpha value is -2.96. The maximum absolute atomic E-state index is 13.6. The summed E-state index contributed by atoms with van der Waals surface area (Å²) in [6, 6.07) is 9.90. The fourth-order valence-corrected chi connectivity index (χ4v) is 2.44.